The molecule has 4 nitrogen and oxygen atoms in total. The predicted octanol–water partition coefficient (Wildman–Crippen LogP) is 4.06. The minimum Gasteiger partial charge on any atom is -0.370 e. The van der Waals surface area contributed by atoms with Crippen molar-refractivity contribution < 1.29 is 0 Å². The first-order chi connectivity index (χ1) is 10.2. The average Bonchev–Trinajstić information content (AvgIpc) is 2.94. The summed E-state index contributed by atoms with van der Waals surface area (Å²) in [7, 11) is 0. The second-order valence-corrected chi connectivity index (χ2v) is 5.82. The van der Waals surface area contributed by atoms with E-state index in [1.54, 1.807) is 11.3 Å². The van der Waals surface area contributed by atoms with E-state index in [1.807, 2.05) is 19.2 Å². The summed E-state index contributed by atoms with van der Waals surface area (Å²) in [5.74, 6) is 1.68. The van der Waals surface area contributed by atoms with E-state index >= 15 is 0 Å². The number of hydrogen-bond acceptors (Lipinski definition) is 5. The lowest BCUT2D eigenvalue weighted by Crippen LogP contribution is -2.08. The molecule has 0 saturated heterocycles. The maximum atomic E-state index is 4.70. The van der Waals surface area contributed by atoms with Gasteiger partial charge in [-0.05, 0) is 37.8 Å². The summed E-state index contributed by atoms with van der Waals surface area (Å²) in [6, 6.07) is 4.14. The first kappa shape index (κ1) is 13.9. The molecule has 0 unspecified atom stereocenters. The van der Waals surface area contributed by atoms with Gasteiger partial charge in [0.05, 0.1) is 10.2 Å². The van der Waals surface area contributed by atoms with Gasteiger partial charge in [-0.15, -0.1) is 11.3 Å². The Bertz CT molecular complexity index is 779. The lowest BCUT2D eigenvalue weighted by atomic mass is 10.1. The van der Waals surface area contributed by atoms with Gasteiger partial charge in [-0.1, -0.05) is 6.92 Å². The molecule has 3 aromatic heterocycles. The topological polar surface area (TPSA) is 50.7 Å². The summed E-state index contributed by atoms with van der Waals surface area (Å²) in [5, 5.41) is 5.39. The molecule has 0 spiro atoms. The fourth-order valence-electron chi connectivity index (χ4n) is 2.43. The Morgan fingerprint density at radius 2 is 2.10 bits per heavy atom. The molecule has 3 rings (SSSR count). The van der Waals surface area contributed by atoms with Crippen LogP contribution >= 0.6 is 11.3 Å². The Balaban J connectivity index is 2.12. The molecule has 0 aromatic carbocycles. The Morgan fingerprint density at radius 1 is 1.24 bits per heavy atom. The Kier molecular flexibility index (Phi) is 3.84. The van der Waals surface area contributed by atoms with Crippen LogP contribution in [0, 0.1) is 6.92 Å². The maximum Gasteiger partial charge on any atom is 0.163 e. The summed E-state index contributed by atoms with van der Waals surface area (Å²) in [6.07, 6.45) is 2.78. The predicted molar refractivity (Wildman–Crippen MR) is 88.9 cm³/mol. The van der Waals surface area contributed by atoms with Crippen LogP contribution in [-0.2, 0) is 6.42 Å². The van der Waals surface area contributed by atoms with Crippen LogP contribution in [0.3, 0.4) is 0 Å². The Labute approximate surface area is 128 Å². The van der Waals surface area contributed by atoms with E-state index in [9.17, 15) is 0 Å². The lowest BCUT2D eigenvalue weighted by Gasteiger charge is -2.12. The van der Waals surface area contributed by atoms with Crippen LogP contribution in [0.1, 0.15) is 25.1 Å². The largest absolute Gasteiger partial charge is 0.370 e. The summed E-state index contributed by atoms with van der Waals surface area (Å²) < 4.78 is 1.17. The van der Waals surface area contributed by atoms with Crippen molar-refractivity contribution in [3.63, 3.8) is 0 Å². The molecule has 3 aromatic rings. The first-order valence-electron chi connectivity index (χ1n) is 7.18. The van der Waals surface area contributed by atoms with Crippen molar-refractivity contribution >= 4 is 27.4 Å². The fraction of sp³-hybridized carbons (Fsp3) is 0.312. The highest BCUT2D eigenvalue weighted by molar-refractivity contribution is 7.17. The molecule has 21 heavy (non-hydrogen) atoms. The molecule has 3 heterocycles. The Hall–Kier alpha value is -2.01. The van der Waals surface area contributed by atoms with Crippen LogP contribution in [0.2, 0.25) is 0 Å². The lowest BCUT2D eigenvalue weighted by molar-refractivity contribution is 0.989. The van der Waals surface area contributed by atoms with Gasteiger partial charge in [0, 0.05) is 29.6 Å². The molecular weight excluding hydrogens is 280 g/mol. The molecule has 108 valence electrons. The third kappa shape index (κ3) is 2.61. The second-order valence-electron chi connectivity index (χ2n) is 4.87. The molecule has 0 aliphatic carbocycles. The number of fused-ring (bicyclic) bond motifs is 1. The van der Waals surface area contributed by atoms with E-state index in [2.05, 4.69) is 40.6 Å². The zero-order chi connectivity index (χ0) is 14.8. The quantitative estimate of drug-likeness (QED) is 0.789. The van der Waals surface area contributed by atoms with E-state index in [1.165, 1.54) is 10.3 Å². The fourth-order valence-corrected chi connectivity index (χ4v) is 3.21. The summed E-state index contributed by atoms with van der Waals surface area (Å²) >= 11 is 1.69. The van der Waals surface area contributed by atoms with Gasteiger partial charge in [-0.2, -0.15) is 0 Å². The summed E-state index contributed by atoms with van der Waals surface area (Å²) in [6.45, 7) is 7.11. The molecule has 0 bridgehead atoms. The van der Waals surface area contributed by atoms with Crippen molar-refractivity contribution in [3.8, 4) is 11.4 Å². The molecular formula is C16H18N4S. The third-order valence-electron chi connectivity index (χ3n) is 3.47. The van der Waals surface area contributed by atoms with Crippen LogP contribution in [0.5, 0.6) is 0 Å². The van der Waals surface area contributed by atoms with Gasteiger partial charge in [-0.25, -0.2) is 9.97 Å². The van der Waals surface area contributed by atoms with Crippen molar-refractivity contribution in [3.05, 3.63) is 35.0 Å². The van der Waals surface area contributed by atoms with Gasteiger partial charge in [0.25, 0.3) is 0 Å². The van der Waals surface area contributed by atoms with Crippen molar-refractivity contribution in [1.82, 2.24) is 15.0 Å². The number of anilines is 1. The smallest absolute Gasteiger partial charge is 0.163 e. The van der Waals surface area contributed by atoms with Crippen LogP contribution < -0.4 is 5.32 Å². The zero-order valence-corrected chi connectivity index (χ0v) is 13.3. The summed E-state index contributed by atoms with van der Waals surface area (Å²) in [4.78, 5) is 13.8. The van der Waals surface area contributed by atoms with E-state index < -0.39 is 0 Å². The van der Waals surface area contributed by atoms with Crippen LogP contribution in [0.4, 0.5) is 5.82 Å². The molecule has 5 heteroatoms. The number of hydrogen-bond donors (Lipinski definition) is 1. The molecule has 0 amide bonds. The monoisotopic (exact) mass is 298 g/mol. The molecule has 0 aliphatic rings. The minimum atomic E-state index is 0.739. The average molecular weight is 298 g/mol. The minimum absolute atomic E-state index is 0.739. The van der Waals surface area contributed by atoms with Gasteiger partial charge < -0.3 is 5.32 Å². The number of rotatable bonds is 4. The highest BCUT2D eigenvalue weighted by Crippen LogP contribution is 2.26. The van der Waals surface area contributed by atoms with Crippen molar-refractivity contribution in [2.24, 2.45) is 0 Å². The van der Waals surface area contributed by atoms with Gasteiger partial charge in [0.1, 0.15) is 5.82 Å². The highest BCUT2D eigenvalue weighted by Gasteiger charge is 2.12. The van der Waals surface area contributed by atoms with Crippen LogP contribution in [0.25, 0.3) is 21.6 Å². The number of aryl methyl sites for hydroxylation is 1. The maximum absolute atomic E-state index is 4.70. The molecule has 0 aliphatic heterocycles. The molecule has 1 N–H and O–H groups in total. The second kappa shape index (κ2) is 5.77. The van der Waals surface area contributed by atoms with E-state index in [0.717, 1.165) is 41.4 Å². The molecule has 0 atom stereocenters. The van der Waals surface area contributed by atoms with Gasteiger partial charge >= 0.3 is 0 Å². The number of nitrogens with zero attached hydrogens (tertiary/aromatic N) is 3. The standard InChI is InChI=1S/C16H18N4S/c1-4-12-10(3)19-15(20-16(12)17-5-2)11-8-14-13(18-9-11)6-7-21-14/h6-9H,4-5H2,1-3H3,(H,17,19,20). The van der Waals surface area contributed by atoms with E-state index in [4.69, 9.17) is 4.98 Å². The Morgan fingerprint density at radius 3 is 2.86 bits per heavy atom. The SMILES string of the molecule is CCNc1nc(-c2cnc3ccsc3c2)nc(C)c1CC. The van der Waals surface area contributed by atoms with Crippen LogP contribution in [0.15, 0.2) is 23.7 Å². The molecule has 0 fully saturated rings. The molecule has 0 radical (unpaired) electrons. The van der Waals surface area contributed by atoms with E-state index in [-0.39, 0.29) is 0 Å². The van der Waals surface area contributed by atoms with Crippen LogP contribution in [-0.4, -0.2) is 21.5 Å². The normalized spacial score (nSPS) is 11.0. The van der Waals surface area contributed by atoms with Gasteiger partial charge in [-0.3, -0.25) is 4.98 Å². The first-order valence-corrected chi connectivity index (χ1v) is 8.06. The molecule has 0 saturated carbocycles. The van der Waals surface area contributed by atoms with Gasteiger partial charge in [0.15, 0.2) is 5.82 Å². The zero-order valence-electron chi connectivity index (χ0n) is 12.5. The van der Waals surface area contributed by atoms with E-state index in [0.29, 0.717) is 0 Å². The van der Waals surface area contributed by atoms with Crippen molar-refractivity contribution in [2.75, 3.05) is 11.9 Å². The number of pyridine rings is 1. The number of nitrogens with one attached hydrogen (secondary N) is 1. The van der Waals surface area contributed by atoms with Crippen molar-refractivity contribution in [2.45, 2.75) is 27.2 Å². The highest BCUT2D eigenvalue weighted by atomic mass is 32.1. The number of aromatic nitrogens is 3. The van der Waals surface area contributed by atoms with Crippen molar-refractivity contribution in [1.29, 1.82) is 0 Å². The number of thiophene rings is 1. The summed E-state index contributed by atoms with van der Waals surface area (Å²) in [5.41, 5.74) is 4.21. The van der Waals surface area contributed by atoms with Gasteiger partial charge in [0.2, 0.25) is 0 Å². The third-order valence-corrected chi connectivity index (χ3v) is 4.33.